The third-order valence-electron chi connectivity index (χ3n) is 7.27. The normalized spacial score (nSPS) is 24.1. The summed E-state index contributed by atoms with van der Waals surface area (Å²) in [5.74, 6) is 0.793. The molecule has 5 heterocycles. The van der Waals surface area contributed by atoms with Gasteiger partial charge in [-0.1, -0.05) is 0 Å². The summed E-state index contributed by atoms with van der Waals surface area (Å²) >= 11 is 0. The summed E-state index contributed by atoms with van der Waals surface area (Å²) in [5.41, 5.74) is 3.75. The van der Waals surface area contributed by atoms with Gasteiger partial charge in [-0.15, -0.1) is 0 Å². The predicted molar refractivity (Wildman–Crippen MR) is 125 cm³/mol. The first kappa shape index (κ1) is 22.0. The number of amides is 3. The Morgan fingerprint density at radius 3 is 2.91 bits per heavy atom. The lowest BCUT2D eigenvalue weighted by Gasteiger charge is -2.29. The van der Waals surface area contributed by atoms with E-state index in [1.165, 1.54) is 5.56 Å². The predicted octanol–water partition coefficient (Wildman–Crippen LogP) is 1.82. The Balaban J connectivity index is 1.07. The van der Waals surface area contributed by atoms with Gasteiger partial charge in [-0.05, 0) is 61.1 Å². The number of hydrogen-bond donors (Lipinski definition) is 1. The molecule has 2 atom stereocenters. The largest absolute Gasteiger partial charge is 0.492 e. The van der Waals surface area contributed by atoms with Crippen LogP contribution in [-0.4, -0.2) is 64.3 Å². The van der Waals surface area contributed by atoms with E-state index >= 15 is 0 Å². The van der Waals surface area contributed by atoms with Crippen molar-refractivity contribution >= 4 is 17.7 Å². The van der Waals surface area contributed by atoms with Crippen LogP contribution < -0.4 is 14.8 Å². The number of fused-ring (bicyclic) bond motifs is 2. The highest BCUT2D eigenvalue weighted by Crippen LogP contribution is 2.31. The number of likely N-dealkylation sites (tertiary alicyclic amines) is 1. The van der Waals surface area contributed by atoms with E-state index in [0.29, 0.717) is 18.5 Å². The number of benzene rings is 1. The first-order chi connectivity index (χ1) is 17.0. The van der Waals surface area contributed by atoms with Gasteiger partial charge in [0.15, 0.2) is 0 Å². The van der Waals surface area contributed by atoms with Gasteiger partial charge in [-0.25, -0.2) is 0 Å². The topological polar surface area (TPSA) is 101 Å². The second kappa shape index (κ2) is 8.96. The zero-order valence-electron chi connectivity index (χ0n) is 19.5. The molecule has 4 aliphatic rings. The van der Waals surface area contributed by atoms with Crippen LogP contribution in [0, 0.1) is 0 Å². The van der Waals surface area contributed by atoms with Gasteiger partial charge in [-0.3, -0.25) is 29.6 Å². The summed E-state index contributed by atoms with van der Waals surface area (Å²) in [6.45, 7) is 3.65. The summed E-state index contributed by atoms with van der Waals surface area (Å²) < 4.78 is 11.9. The Hall–Kier alpha value is -3.46. The van der Waals surface area contributed by atoms with E-state index in [1.54, 1.807) is 11.0 Å². The minimum Gasteiger partial charge on any atom is -0.492 e. The number of imide groups is 1. The van der Waals surface area contributed by atoms with E-state index < -0.39 is 11.9 Å². The van der Waals surface area contributed by atoms with Crippen LogP contribution in [0.15, 0.2) is 30.5 Å². The maximum Gasteiger partial charge on any atom is 0.255 e. The number of aryl methyl sites for hydroxylation is 1. The third-order valence-corrected chi connectivity index (χ3v) is 7.27. The molecule has 35 heavy (non-hydrogen) atoms. The molecule has 1 aromatic heterocycles. The minimum absolute atomic E-state index is 0.0670. The molecular weight excluding hydrogens is 448 g/mol. The molecule has 4 aliphatic heterocycles. The Kier molecular flexibility index (Phi) is 5.64. The third kappa shape index (κ3) is 4.36. The molecule has 1 N–H and O–H groups in total. The van der Waals surface area contributed by atoms with Gasteiger partial charge in [0.2, 0.25) is 11.8 Å². The summed E-state index contributed by atoms with van der Waals surface area (Å²) in [4.78, 5) is 45.1. The van der Waals surface area contributed by atoms with Crippen molar-refractivity contribution in [3.05, 3.63) is 52.8 Å². The molecule has 1 unspecified atom stereocenters. The maximum atomic E-state index is 12.9. The van der Waals surface area contributed by atoms with Gasteiger partial charge in [0.25, 0.3) is 5.91 Å². The maximum absolute atomic E-state index is 12.9. The molecular formula is C26H28N4O5. The van der Waals surface area contributed by atoms with Crippen LogP contribution in [0.1, 0.15) is 52.9 Å². The standard InChI is InChI=1S/C26H28N4O5/c31-24-6-5-22(25(32)28-24)30-13-17-11-19(3-4-21(17)26(30)33)35-20-7-8-29(15-20)14-18-10-16-2-1-9-34-23(16)12-27-18/h3-4,10-12,20,22H,1-2,5-9,13-15H2,(H,28,31,32)/t20-,22?/m0/s1. The Morgan fingerprint density at radius 1 is 1.11 bits per heavy atom. The van der Waals surface area contributed by atoms with E-state index in [-0.39, 0.29) is 24.3 Å². The number of carbonyl (C=O) groups excluding carboxylic acids is 3. The van der Waals surface area contributed by atoms with Crippen molar-refractivity contribution < 1.29 is 23.9 Å². The molecule has 1 aromatic carbocycles. The molecule has 9 heteroatoms. The average Bonchev–Trinajstić information content (AvgIpc) is 3.42. The number of piperidine rings is 1. The second-order valence-electron chi connectivity index (χ2n) is 9.72. The number of hydrogen-bond acceptors (Lipinski definition) is 7. The first-order valence-electron chi connectivity index (χ1n) is 12.3. The lowest BCUT2D eigenvalue weighted by molar-refractivity contribution is -0.136. The van der Waals surface area contributed by atoms with Crippen molar-refractivity contribution in [1.29, 1.82) is 0 Å². The summed E-state index contributed by atoms with van der Waals surface area (Å²) in [7, 11) is 0. The average molecular weight is 477 g/mol. The highest BCUT2D eigenvalue weighted by atomic mass is 16.5. The van der Waals surface area contributed by atoms with Crippen LogP contribution in [0.2, 0.25) is 0 Å². The molecule has 9 nitrogen and oxygen atoms in total. The minimum atomic E-state index is -0.607. The molecule has 0 radical (unpaired) electrons. The van der Waals surface area contributed by atoms with Gasteiger partial charge >= 0.3 is 0 Å². The van der Waals surface area contributed by atoms with E-state index in [0.717, 1.165) is 68.3 Å². The van der Waals surface area contributed by atoms with Crippen LogP contribution in [0.25, 0.3) is 0 Å². The van der Waals surface area contributed by atoms with E-state index in [9.17, 15) is 14.4 Å². The van der Waals surface area contributed by atoms with E-state index in [4.69, 9.17) is 9.47 Å². The SMILES string of the molecule is O=C1CCC(N2Cc3cc(O[C@H]4CCN(Cc5cc6c(cn5)OCCC6)C4)ccc3C2=O)C(=O)N1. The molecule has 182 valence electrons. The van der Waals surface area contributed by atoms with Crippen molar-refractivity contribution in [2.75, 3.05) is 19.7 Å². The van der Waals surface area contributed by atoms with E-state index in [1.807, 2.05) is 18.3 Å². The highest BCUT2D eigenvalue weighted by molar-refractivity contribution is 6.05. The van der Waals surface area contributed by atoms with Gasteiger partial charge in [-0.2, -0.15) is 0 Å². The van der Waals surface area contributed by atoms with Crippen molar-refractivity contribution in [3.63, 3.8) is 0 Å². The van der Waals surface area contributed by atoms with Crippen molar-refractivity contribution in [1.82, 2.24) is 20.1 Å². The molecule has 2 saturated heterocycles. The number of pyridine rings is 1. The summed E-state index contributed by atoms with van der Waals surface area (Å²) in [6.07, 6.45) is 5.53. The summed E-state index contributed by atoms with van der Waals surface area (Å²) in [6, 6.07) is 7.08. The molecule has 0 saturated carbocycles. The molecule has 0 spiro atoms. The highest BCUT2D eigenvalue weighted by Gasteiger charge is 2.39. The Labute approximate surface area is 203 Å². The number of ether oxygens (including phenoxy) is 2. The molecule has 6 rings (SSSR count). The summed E-state index contributed by atoms with van der Waals surface area (Å²) in [5, 5.41) is 2.34. The number of rotatable bonds is 5. The van der Waals surface area contributed by atoms with Gasteiger partial charge in [0, 0.05) is 38.2 Å². The quantitative estimate of drug-likeness (QED) is 0.657. The van der Waals surface area contributed by atoms with E-state index in [2.05, 4.69) is 21.3 Å². The fraction of sp³-hybridized carbons (Fsp3) is 0.462. The zero-order valence-corrected chi connectivity index (χ0v) is 19.5. The number of nitrogens with one attached hydrogen (secondary N) is 1. The lowest BCUT2D eigenvalue weighted by atomic mass is 10.0. The molecule has 2 fully saturated rings. The Morgan fingerprint density at radius 2 is 2.03 bits per heavy atom. The monoisotopic (exact) mass is 476 g/mol. The van der Waals surface area contributed by atoms with Crippen molar-refractivity contribution in [2.24, 2.45) is 0 Å². The zero-order chi connectivity index (χ0) is 23.9. The van der Waals surface area contributed by atoms with Gasteiger partial charge in [0.1, 0.15) is 23.6 Å². The molecule has 0 bridgehead atoms. The fourth-order valence-electron chi connectivity index (χ4n) is 5.47. The van der Waals surface area contributed by atoms with Crippen molar-refractivity contribution in [3.8, 4) is 11.5 Å². The molecule has 2 aromatic rings. The Bertz CT molecular complexity index is 1200. The van der Waals surface area contributed by atoms with Gasteiger partial charge in [0.05, 0.1) is 18.5 Å². The fourth-order valence-corrected chi connectivity index (χ4v) is 5.47. The van der Waals surface area contributed by atoms with Crippen LogP contribution in [-0.2, 0) is 29.1 Å². The number of aromatic nitrogens is 1. The first-order valence-corrected chi connectivity index (χ1v) is 12.3. The molecule has 0 aliphatic carbocycles. The van der Waals surface area contributed by atoms with Crippen LogP contribution in [0.4, 0.5) is 0 Å². The number of nitrogens with zero attached hydrogens (tertiary/aromatic N) is 3. The van der Waals surface area contributed by atoms with Crippen LogP contribution in [0.5, 0.6) is 11.5 Å². The van der Waals surface area contributed by atoms with Crippen LogP contribution >= 0.6 is 0 Å². The molecule has 3 amide bonds. The van der Waals surface area contributed by atoms with Crippen LogP contribution in [0.3, 0.4) is 0 Å². The van der Waals surface area contributed by atoms with Crippen molar-refractivity contribution in [2.45, 2.75) is 57.3 Å². The smallest absolute Gasteiger partial charge is 0.255 e. The second-order valence-corrected chi connectivity index (χ2v) is 9.72. The van der Waals surface area contributed by atoms with Gasteiger partial charge < -0.3 is 14.4 Å². The lowest BCUT2D eigenvalue weighted by Crippen LogP contribution is -2.52. The number of carbonyl (C=O) groups is 3.